The first-order valence-corrected chi connectivity index (χ1v) is 5.07. The molecule has 1 atom stereocenters. The topological polar surface area (TPSA) is 44.5 Å². The third kappa shape index (κ3) is 2.47. The molecule has 1 rings (SSSR count). The molecule has 2 N–H and O–H groups in total. The van der Waals surface area contributed by atoms with Crippen molar-refractivity contribution in [3.8, 4) is 5.75 Å². The van der Waals surface area contributed by atoms with Gasteiger partial charge in [-0.15, -0.1) is 0 Å². The van der Waals surface area contributed by atoms with Crippen LogP contribution in [0.2, 0.25) is 0 Å². The zero-order chi connectivity index (χ0) is 10.6. The van der Waals surface area contributed by atoms with Crippen LogP contribution in [-0.4, -0.2) is 20.8 Å². The molecule has 0 saturated carbocycles. The molecule has 0 heterocycles. The third-order valence-corrected chi connectivity index (χ3v) is 2.81. The molecule has 3 nitrogen and oxygen atoms in total. The molecule has 0 amide bonds. The predicted octanol–water partition coefficient (Wildman–Crippen LogP) is 2.10. The van der Waals surface area contributed by atoms with Crippen molar-refractivity contribution in [3.63, 3.8) is 0 Å². The average Bonchev–Trinajstić information content (AvgIpc) is 2.18. The first-order valence-electron chi connectivity index (χ1n) is 4.27. The predicted molar refractivity (Wildman–Crippen MR) is 59.5 cm³/mol. The Bertz CT molecular complexity index is 304. The number of halogens is 1. The molecule has 78 valence electrons. The monoisotopic (exact) mass is 259 g/mol. The molecule has 0 saturated heterocycles. The highest BCUT2D eigenvalue weighted by Gasteiger charge is 2.12. The summed E-state index contributed by atoms with van der Waals surface area (Å²) in [6.07, 6.45) is 0. The second-order valence-electron chi connectivity index (χ2n) is 2.93. The highest BCUT2D eigenvalue weighted by Crippen LogP contribution is 2.31. The highest BCUT2D eigenvalue weighted by molar-refractivity contribution is 9.10. The van der Waals surface area contributed by atoms with E-state index in [0.29, 0.717) is 6.61 Å². The van der Waals surface area contributed by atoms with E-state index in [1.54, 1.807) is 14.2 Å². The van der Waals surface area contributed by atoms with E-state index in [4.69, 9.17) is 15.2 Å². The van der Waals surface area contributed by atoms with Gasteiger partial charge in [0.2, 0.25) is 0 Å². The summed E-state index contributed by atoms with van der Waals surface area (Å²) in [5.41, 5.74) is 6.91. The van der Waals surface area contributed by atoms with Crippen LogP contribution in [0, 0.1) is 0 Å². The molecule has 14 heavy (non-hydrogen) atoms. The van der Waals surface area contributed by atoms with E-state index in [9.17, 15) is 0 Å². The molecule has 0 spiro atoms. The smallest absolute Gasteiger partial charge is 0.133 e. The van der Waals surface area contributed by atoms with E-state index in [1.807, 2.05) is 18.2 Å². The van der Waals surface area contributed by atoms with Gasteiger partial charge >= 0.3 is 0 Å². The van der Waals surface area contributed by atoms with E-state index >= 15 is 0 Å². The summed E-state index contributed by atoms with van der Waals surface area (Å²) in [5, 5.41) is 0. The summed E-state index contributed by atoms with van der Waals surface area (Å²) >= 11 is 3.45. The Morgan fingerprint density at radius 1 is 1.43 bits per heavy atom. The molecule has 0 aliphatic rings. The minimum atomic E-state index is -0.135. The Morgan fingerprint density at radius 3 is 2.71 bits per heavy atom. The molecule has 0 bridgehead atoms. The molecule has 4 heteroatoms. The van der Waals surface area contributed by atoms with Crippen LogP contribution in [0.15, 0.2) is 22.7 Å². The Balaban J connectivity index is 2.96. The first kappa shape index (κ1) is 11.5. The van der Waals surface area contributed by atoms with Gasteiger partial charge in [-0.3, -0.25) is 0 Å². The van der Waals surface area contributed by atoms with Crippen molar-refractivity contribution in [1.82, 2.24) is 0 Å². The summed E-state index contributed by atoms with van der Waals surface area (Å²) in [6.45, 7) is 0.492. The number of hydrogen-bond donors (Lipinski definition) is 1. The van der Waals surface area contributed by atoms with Crippen LogP contribution < -0.4 is 10.5 Å². The van der Waals surface area contributed by atoms with Gasteiger partial charge in [0.15, 0.2) is 0 Å². The highest BCUT2D eigenvalue weighted by atomic mass is 79.9. The van der Waals surface area contributed by atoms with Crippen LogP contribution in [-0.2, 0) is 4.74 Å². The number of hydrogen-bond acceptors (Lipinski definition) is 3. The lowest BCUT2D eigenvalue weighted by atomic mass is 10.1. The van der Waals surface area contributed by atoms with Gasteiger partial charge in [0, 0.05) is 7.11 Å². The fraction of sp³-hybridized carbons (Fsp3) is 0.400. The summed E-state index contributed by atoms with van der Waals surface area (Å²) < 4.78 is 11.1. The van der Waals surface area contributed by atoms with Crippen LogP contribution in [0.4, 0.5) is 0 Å². The van der Waals surface area contributed by atoms with Crippen LogP contribution in [0.25, 0.3) is 0 Å². The zero-order valence-electron chi connectivity index (χ0n) is 8.29. The van der Waals surface area contributed by atoms with Crippen molar-refractivity contribution in [3.05, 3.63) is 28.2 Å². The van der Waals surface area contributed by atoms with Gasteiger partial charge in [0.25, 0.3) is 0 Å². The Hall–Kier alpha value is -0.580. The SMILES string of the molecule is COCC(N)c1cccc(OC)c1Br. The van der Waals surface area contributed by atoms with E-state index in [1.165, 1.54) is 0 Å². The maximum atomic E-state index is 5.92. The van der Waals surface area contributed by atoms with Gasteiger partial charge in [0.05, 0.1) is 24.2 Å². The fourth-order valence-corrected chi connectivity index (χ4v) is 1.96. The van der Waals surface area contributed by atoms with Crippen LogP contribution >= 0.6 is 15.9 Å². The molecular weight excluding hydrogens is 246 g/mol. The van der Waals surface area contributed by atoms with Crippen molar-refractivity contribution < 1.29 is 9.47 Å². The first-order chi connectivity index (χ1) is 6.70. The molecule has 1 unspecified atom stereocenters. The van der Waals surface area contributed by atoms with Crippen LogP contribution in [0.3, 0.4) is 0 Å². The van der Waals surface area contributed by atoms with E-state index in [2.05, 4.69) is 15.9 Å². The number of benzene rings is 1. The summed E-state index contributed by atoms with van der Waals surface area (Å²) in [6, 6.07) is 5.61. The molecular formula is C10H14BrNO2. The Morgan fingerprint density at radius 2 is 2.14 bits per heavy atom. The molecule has 0 aliphatic carbocycles. The van der Waals surface area contributed by atoms with Gasteiger partial charge < -0.3 is 15.2 Å². The lowest BCUT2D eigenvalue weighted by Gasteiger charge is -2.14. The second kappa shape index (κ2) is 5.34. The number of rotatable bonds is 4. The van der Waals surface area contributed by atoms with Crippen molar-refractivity contribution in [1.29, 1.82) is 0 Å². The summed E-state index contributed by atoms with van der Waals surface area (Å²) in [5.74, 6) is 0.786. The maximum absolute atomic E-state index is 5.92. The van der Waals surface area contributed by atoms with Crippen molar-refractivity contribution in [2.45, 2.75) is 6.04 Å². The lowest BCUT2D eigenvalue weighted by Crippen LogP contribution is -2.16. The van der Waals surface area contributed by atoms with Crippen LogP contribution in [0.1, 0.15) is 11.6 Å². The lowest BCUT2D eigenvalue weighted by molar-refractivity contribution is 0.180. The average molecular weight is 260 g/mol. The molecule has 0 radical (unpaired) electrons. The number of nitrogens with two attached hydrogens (primary N) is 1. The normalized spacial score (nSPS) is 12.6. The van der Waals surface area contributed by atoms with Crippen molar-refractivity contribution in [2.24, 2.45) is 5.73 Å². The Kier molecular flexibility index (Phi) is 4.38. The standard InChI is InChI=1S/C10H14BrNO2/c1-13-6-8(12)7-4-3-5-9(14-2)10(7)11/h3-5,8H,6,12H2,1-2H3. The number of methoxy groups -OCH3 is 2. The summed E-state index contributed by atoms with van der Waals surface area (Å²) in [7, 11) is 3.26. The number of ether oxygens (including phenoxy) is 2. The van der Waals surface area contributed by atoms with Crippen LogP contribution in [0.5, 0.6) is 5.75 Å². The molecule has 0 fully saturated rings. The van der Waals surface area contributed by atoms with Gasteiger partial charge in [-0.2, -0.15) is 0 Å². The van der Waals surface area contributed by atoms with Gasteiger partial charge in [-0.25, -0.2) is 0 Å². The Labute approximate surface area is 92.3 Å². The van der Waals surface area contributed by atoms with Gasteiger partial charge in [-0.05, 0) is 27.6 Å². The van der Waals surface area contributed by atoms with E-state index < -0.39 is 0 Å². The van der Waals surface area contributed by atoms with Crippen molar-refractivity contribution >= 4 is 15.9 Å². The minimum Gasteiger partial charge on any atom is -0.496 e. The fourth-order valence-electron chi connectivity index (χ4n) is 1.24. The van der Waals surface area contributed by atoms with Crippen molar-refractivity contribution in [2.75, 3.05) is 20.8 Å². The molecule has 0 aromatic heterocycles. The third-order valence-electron chi connectivity index (χ3n) is 1.96. The van der Waals surface area contributed by atoms with E-state index in [-0.39, 0.29) is 6.04 Å². The van der Waals surface area contributed by atoms with E-state index in [0.717, 1.165) is 15.8 Å². The minimum absolute atomic E-state index is 0.135. The molecule has 1 aromatic carbocycles. The maximum Gasteiger partial charge on any atom is 0.133 e. The summed E-state index contributed by atoms with van der Waals surface area (Å²) in [4.78, 5) is 0. The quantitative estimate of drug-likeness (QED) is 0.901. The second-order valence-corrected chi connectivity index (χ2v) is 3.72. The van der Waals surface area contributed by atoms with Gasteiger partial charge in [0.1, 0.15) is 5.75 Å². The van der Waals surface area contributed by atoms with Gasteiger partial charge in [-0.1, -0.05) is 12.1 Å². The largest absolute Gasteiger partial charge is 0.496 e. The molecule has 0 aliphatic heterocycles. The molecule has 1 aromatic rings. The zero-order valence-corrected chi connectivity index (χ0v) is 9.87.